The van der Waals surface area contributed by atoms with Crippen LogP contribution in [0.3, 0.4) is 0 Å². The Morgan fingerprint density at radius 1 is 1.36 bits per heavy atom. The number of nitrogens with two attached hydrogens (primary N) is 1. The van der Waals surface area contributed by atoms with Crippen molar-refractivity contribution in [2.45, 2.75) is 31.1 Å². The zero-order valence-electron chi connectivity index (χ0n) is 12.7. The van der Waals surface area contributed by atoms with Crippen LogP contribution in [0.4, 0.5) is 0 Å². The van der Waals surface area contributed by atoms with Gasteiger partial charge in [-0.2, -0.15) is 4.31 Å². The predicted octanol–water partition coefficient (Wildman–Crippen LogP) is 1.12. The molecule has 0 spiro atoms. The van der Waals surface area contributed by atoms with E-state index in [1.54, 1.807) is 24.3 Å². The van der Waals surface area contributed by atoms with Gasteiger partial charge in [-0.3, -0.25) is 0 Å². The zero-order valence-corrected chi connectivity index (χ0v) is 13.5. The number of rotatable bonds is 5. The van der Waals surface area contributed by atoms with Crippen LogP contribution >= 0.6 is 0 Å². The van der Waals surface area contributed by atoms with Crippen LogP contribution in [-0.4, -0.2) is 44.9 Å². The lowest BCUT2D eigenvalue weighted by molar-refractivity contribution is 0.0600. The molecule has 1 fully saturated rings. The Morgan fingerprint density at radius 2 is 2.09 bits per heavy atom. The average molecular weight is 326 g/mol. The van der Waals surface area contributed by atoms with Gasteiger partial charge in [-0.25, -0.2) is 13.2 Å². The minimum Gasteiger partial charge on any atom is -0.465 e. The van der Waals surface area contributed by atoms with Gasteiger partial charge in [0, 0.05) is 19.1 Å². The Morgan fingerprint density at radius 3 is 2.77 bits per heavy atom. The standard InChI is InChI=1S/C15H22N2O4S/c1-21-15(18)14-8-3-2-6-12(14)11-22(19,20)17-9-5-4-7-13(17)10-16/h2-3,6,8,13H,4-5,7,9-11,16H2,1H3. The van der Waals surface area contributed by atoms with Crippen LogP contribution in [0, 0.1) is 0 Å². The van der Waals surface area contributed by atoms with Gasteiger partial charge < -0.3 is 10.5 Å². The molecule has 1 aliphatic heterocycles. The summed E-state index contributed by atoms with van der Waals surface area (Å²) >= 11 is 0. The molecule has 0 aromatic heterocycles. The molecule has 0 saturated carbocycles. The highest BCUT2D eigenvalue weighted by molar-refractivity contribution is 7.88. The van der Waals surface area contributed by atoms with Crippen LogP contribution in [-0.2, 0) is 20.5 Å². The van der Waals surface area contributed by atoms with Crippen LogP contribution in [0.1, 0.15) is 35.2 Å². The highest BCUT2D eigenvalue weighted by atomic mass is 32.2. The fourth-order valence-electron chi connectivity index (χ4n) is 2.81. The summed E-state index contributed by atoms with van der Waals surface area (Å²) in [4.78, 5) is 11.8. The van der Waals surface area contributed by atoms with Crippen LogP contribution < -0.4 is 5.73 Å². The van der Waals surface area contributed by atoms with E-state index in [0.717, 1.165) is 19.3 Å². The average Bonchev–Trinajstić information content (AvgIpc) is 2.54. The van der Waals surface area contributed by atoms with E-state index >= 15 is 0 Å². The first-order valence-corrected chi connectivity index (χ1v) is 8.96. The lowest BCUT2D eigenvalue weighted by Gasteiger charge is -2.34. The Labute approximate surface area is 131 Å². The second kappa shape index (κ2) is 7.21. The molecule has 0 bridgehead atoms. The van der Waals surface area contributed by atoms with E-state index in [1.807, 2.05) is 0 Å². The number of carbonyl (C=O) groups is 1. The predicted molar refractivity (Wildman–Crippen MR) is 83.8 cm³/mol. The molecule has 1 atom stereocenters. The number of hydrogen-bond donors (Lipinski definition) is 1. The first-order chi connectivity index (χ1) is 10.5. The van der Waals surface area contributed by atoms with Gasteiger partial charge in [-0.15, -0.1) is 0 Å². The van der Waals surface area contributed by atoms with Crippen molar-refractivity contribution < 1.29 is 17.9 Å². The summed E-state index contributed by atoms with van der Waals surface area (Å²) in [6.07, 6.45) is 2.62. The second-order valence-corrected chi connectivity index (χ2v) is 7.32. The minimum absolute atomic E-state index is 0.149. The van der Waals surface area contributed by atoms with Gasteiger partial charge in [0.1, 0.15) is 0 Å². The number of piperidine rings is 1. The smallest absolute Gasteiger partial charge is 0.338 e. The summed E-state index contributed by atoms with van der Waals surface area (Å²) in [5, 5.41) is 0. The molecular weight excluding hydrogens is 304 g/mol. The van der Waals surface area contributed by atoms with Gasteiger partial charge in [0.15, 0.2) is 0 Å². The lowest BCUT2D eigenvalue weighted by atomic mass is 10.1. The molecule has 2 N–H and O–H groups in total. The van der Waals surface area contributed by atoms with E-state index < -0.39 is 16.0 Å². The van der Waals surface area contributed by atoms with Gasteiger partial charge in [0.2, 0.25) is 10.0 Å². The quantitative estimate of drug-likeness (QED) is 0.819. The highest BCUT2D eigenvalue weighted by Crippen LogP contribution is 2.23. The monoisotopic (exact) mass is 326 g/mol. The van der Waals surface area contributed by atoms with E-state index in [-0.39, 0.29) is 17.4 Å². The SMILES string of the molecule is COC(=O)c1ccccc1CS(=O)(=O)N1CCCCC1CN. The maximum Gasteiger partial charge on any atom is 0.338 e. The van der Waals surface area contributed by atoms with Crippen molar-refractivity contribution in [2.75, 3.05) is 20.2 Å². The molecule has 1 aromatic carbocycles. The second-order valence-electron chi connectivity index (χ2n) is 5.40. The van der Waals surface area contributed by atoms with E-state index in [9.17, 15) is 13.2 Å². The number of esters is 1. The third-order valence-corrected chi connectivity index (χ3v) is 5.83. The number of benzene rings is 1. The van der Waals surface area contributed by atoms with Crippen LogP contribution in [0.2, 0.25) is 0 Å². The van der Waals surface area contributed by atoms with E-state index in [2.05, 4.69) is 0 Å². The Balaban J connectivity index is 2.27. The molecule has 0 radical (unpaired) electrons. The fourth-order valence-corrected chi connectivity index (χ4v) is 4.67. The summed E-state index contributed by atoms with van der Waals surface area (Å²) in [6.45, 7) is 0.808. The van der Waals surface area contributed by atoms with Crippen LogP contribution in [0.5, 0.6) is 0 Å². The third-order valence-electron chi connectivity index (χ3n) is 3.96. The highest BCUT2D eigenvalue weighted by Gasteiger charge is 2.32. The summed E-state index contributed by atoms with van der Waals surface area (Å²) in [5.41, 5.74) is 6.44. The number of methoxy groups -OCH3 is 1. The molecule has 0 amide bonds. The first-order valence-electron chi connectivity index (χ1n) is 7.35. The van der Waals surface area contributed by atoms with Gasteiger partial charge >= 0.3 is 5.97 Å². The van der Waals surface area contributed by atoms with Gasteiger partial charge in [0.25, 0.3) is 0 Å². The Bertz CT molecular complexity index is 630. The van der Waals surface area contributed by atoms with Gasteiger partial charge in [-0.1, -0.05) is 24.6 Å². The molecule has 6 nitrogen and oxygen atoms in total. The number of hydrogen-bond acceptors (Lipinski definition) is 5. The van der Waals surface area contributed by atoms with Gasteiger partial charge in [0.05, 0.1) is 18.4 Å². The molecule has 2 rings (SSSR count). The van der Waals surface area contributed by atoms with Crippen molar-refractivity contribution in [3.63, 3.8) is 0 Å². The van der Waals surface area contributed by atoms with Crippen molar-refractivity contribution in [3.05, 3.63) is 35.4 Å². The number of sulfonamides is 1. The summed E-state index contributed by atoms with van der Waals surface area (Å²) < 4.78 is 31.6. The normalized spacial score (nSPS) is 19.8. The van der Waals surface area contributed by atoms with E-state index in [1.165, 1.54) is 11.4 Å². The molecule has 1 aliphatic rings. The largest absolute Gasteiger partial charge is 0.465 e. The van der Waals surface area contributed by atoms with Crippen molar-refractivity contribution in [1.29, 1.82) is 0 Å². The first kappa shape index (κ1) is 16.9. The van der Waals surface area contributed by atoms with Crippen molar-refractivity contribution in [2.24, 2.45) is 5.73 Å². The number of nitrogens with zero attached hydrogens (tertiary/aromatic N) is 1. The fraction of sp³-hybridized carbons (Fsp3) is 0.533. The molecule has 22 heavy (non-hydrogen) atoms. The summed E-state index contributed by atoms with van der Waals surface area (Å²) in [7, 11) is -2.24. The van der Waals surface area contributed by atoms with Crippen LogP contribution in [0.25, 0.3) is 0 Å². The molecule has 1 aromatic rings. The van der Waals surface area contributed by atoms with Crippen molar-refractivity contribution >= 4 is 16.0 Å². The maximum absolute atomic E-state index is 12.7. The Kier molecular flexibility index (Phi) is 5.55. The lowest BCUT2D eigenvalue weighted by Crippen LogP contribution is -2.47. The molecule has 1 saturated heterocycles. The third kappa shape index (κ3) is 3.66. The molecular formula is C15H22N2O4S. The van der Waals surface area contributed by atoms with Crippen molar-refractivity contribution in [3.8, 4) is 0 Å². The van der Waals surface area contributed by atoms with E-state index in [0.29, 0.717) is 18.7 Å². The van der Waals surface area contributed by atoms with Crippen LogP contribution in [0.15, 0.2) is 24.3 Å². The number of carbonyl (C=O) groups excluding carboxylic acids is 1. The number of ether oxygens (including phenoxy) is 1. The summed E-state index contributed by atoms with van der Waals surface area (Å²) in [6, 6.07) is 6.47. The Hall–Kier alpha value is -1.44. The van der Waals surface area contributed by atoms with E-state index in [4.69, 9.17) is 10.5 Å². The molecule has 122 valence electrons. The molecule has 1 heterocycles. The van der Waals surface area contributed by atoms with Crippen molar-refractivity contribution in [1.82, 2.24) is 4.31 Å². The molecule has 0 aliphatic carbocycles. The topological polar surface area (TPSA) is 89.7 Å². The summed E-state index contributed by atoms with van der Waals surface area (Å²) in [5.74, 6) is -0.741. The van der Waals surface area contributed by atoms with Gasteiger partial charge in [-0.05, 0) is 24.5 Å². The zero-order chi connectivity index (χ0) is 16.2. The maximum atomic E-state index is 12.7. The minimum atomic E-state index is -3.52. The molecule has 7 heteroatoms. The molecule has 1 unspecified atom stereocenters.